The molecule has 1 heterocycles. The molecule has 0 atom stereocenters. The van der Waals surface area contributed by atoms with Gasteiger partial charge in [-0.3, -0.25) is 5.41 Å². The molecule has 0 saturated heterocycles. The highest BCUT2D eigenvalue weighted by Gasteiger charge is 2.18. The van der Waals surface area contributed by atoms with Crippen LogP contribution >= 0.6 is 11.3 Å². The van der Waals surface area contributed by atoms with Gasteiger partial charge < -0.3 is 15.8 Å². The number of hydrogen-bond donors (Lipinski definition) is 4. The monoisotopic (exact) mass is 521 g/mol. The van der Waals surface area contributed by atoms with Gasteiger partial charge in [-0.05, 0) is 42.8 Å². The Bertz CT molecular complexity index is 1400. The zero-order chi connectivity index (χ0) is 25.8. The van der Waals surface area contributed by atoms with Gasteiger partial charge in [0, 0.05) is 22.9 Å². The molecule has 0 aliphatic heterocycles. The fourth-order valence-electron chi connectivity index (χ4n) is 2.97. The molecule has 0 amide bonds. The zero-order valence-corrected chi connectivity index (χ0v) is 20.0. The summed E-state index contributed by atoms with van der Waals surface area (Å²) in [6.07, 6.45) is 0.0255. The van der Waals surface area contributed by atoms with E-state index in [1.54, 1.807) is 6.92 Å². The SMILES string of the molecule is CCOC(=O)c1csc(N/C(N)=C(/Cc2ccc(S(N)(=O)=O)cc2)C(=N)c2ccc(F)c(F)c2)n1. The smallest absolute Gasteiger partial charge is 0.357 e. The number of anilines is 1. The number of allylic oxidation sites excluding steroid dienone is 1. The lowest BCUT2D eigenvalue weighted by molar-refractivity contribution is 0.0520. The van der Waals surface area contributed by atoms with Crippen LogP contribution in [0.3, 0.4) is 0 Å². The van der Waals surface area contributed by atoms with E-state index in [1.807, 2.05) is 0 Å². The maximum atomic E-state index is 13.8. The van der Waals surface area contributed by atoms with Gasteiger partial charge >= 0.3 is 5.97 Å². The van der Waals surface area contributed by atoms with Crippen LogP contribution < -0.4 is 16.2 Å². The Kier molecular flexibility index (Phi) is 7.94. The molecule has 35 heavy (non-hydrogen) atoms. The first-order valence-electron chi connectivity index (χ1n) is 10.0. The Morgan fingerprint density at radius 1 is 1.17 bits per heavy atom. The first-order chi connectivity index (χ1) is 16.5. The number of esters is 1. The van der Waals surface area contributed by atoms with Crippen LogP contribution in [0, 0.1) is 17.0 Å². The molecule has 0 unspecified atom stereocenters. The van der Waals surface area contributed by atoms with Crippen LogP contribution in [0.2, 0.25) is 0 Å². The van der Waals surface area contributed by atoms with E-state index in [1.165, 1.54) is 35.7 Å². The summed E-state index contributed by atoms with van der Waals surface area (Å²) in [6.45, 7) is 1.84. The molecular formula is C22H21F2N5O4S2. The molecule has 0 radical (unpaired) electrons. The van der Waals surface area contributed by atoms with E-state index in [0.29, 0.717) is 5.56 Å². The van der Waals surface area contributed by atoms with E-state index >= 15 is 0 Å². The Hall–Kier alpha value is -3.68. The molecule has 0 fully saturated rings. The van der Waals surface area contributed by atoms with Crippen LogP contribution in [0.15, 0.2) is 64.1 Å². The van der Waals surface area contributed by atoms with Crippen LogP contribution in [0.5, 0.6) is 0 Å². The second-order valence-electron chi connectivity index (χ2n) is 7.15. The number of ether oxygens (including phenoxy) is 1. The summed E-state index contributed by atoms with van der Waals surface area (Å²) in [5, 5.41) is 18.3. The van der Waals surface area contributed by atoms with Crippen LogP contribution in [0.1, 0.15) is 28.5 Å². The number of nitrogens with two attached hydrogens (primary N) is 2. The van der Waals surface area contributed by atoms with Gasteiger partial charge in [0.25, 0.3) is 0 Å². The van der Waals surface area contributed by atoms with Crippen molar-refractivity contribution in [3.8, 4) is 0 Å². The standard InChI is InChI=1S/C22H21F2N5O4S2/c1-2-33-21(30)18-11-34-22(28-18)29-20(26)15(19(25)13-5-8-16(23)17(24)10-13)9-12-3-6-14(7-4-12)35(27,31)32/h3-8,10-11,25H,2,9,26H2,1H3,(H,28,29)(H2,27,31,32)/b20-15-,25-19?. The Morgan fingerprint density at radius 3 is 2.46 bits per heavy atom. The van der Waals surface area contributed by atoms with Gasteiger partial charge in [-0.25, -0.2) is 32.1 Å². The largest absolute Gasteiger partial charge is 0.461 e. The number of halogens is 2. The molecular weight excluding hydrogens is 500 g/mol. The summed E-state index contributed by atoms with van der Waals surface area (Å²) in [4.78, 5) is 15.9. The second-order valence-corrected chi connectivity index (χ2v) is 9.56. The molecule has 13 heteroatoms. The Balaban J connectivity index is 1.97. The quantitative estimate of drug-likeness (QED) is 0.248. The van der Waals surface area contributed by atoms with Crippen molar-refractivity contribution in [2.45, 2.75) is 18.2 Å². The Morgan fingerprint density at radius 2 is 1.86 bits per heavy atom. The molecule has 3 rings (SSSR count). The number of nitrogens with one attached hydrogen (secondary N) is 2. The molecule has 184 valence electrons. The molecule has 2 aromatic carbocycles. The number of benzene rings is 2. The summed E-state index contributed by atoms with van der Waals surface area (Å²) in [5.41, 5.74) is 6.93. The van der Waals surface area contributed by atoms with Crippen molar-refractivity contribution in [3.63, 3.8) is 0 Å². The van der Waals surface area contributed by atoms with Crippen LogP contribution in [-0.2, 0) is 21.2 Å². The van der Waals surface area contributed by atoms with E-state index < -0.39 is 27.6 Å². The number of carbonyl (C=O) groups excluding carboxylic acids is 1. The summed E-state index contributed by atoms with van der Waals surface area (Å²) in [5.74, 6) is -2.83. The van der Waals surface area contributed by atoms with Crippen molar-refractivity contribution in [1.29, 1.82) is 5.41 Å². The van der Waals surface area contributed by atoms with Gasteiger partial charge in [-0.15, -0.1) is 11.3 Å². The minimum absolute atomic E-state index is 0.0255. The number of rotatable bonds is 9. The van der Waals surface area contributed by atoms with Crippen molar-refractivity contribution >= 4 is 38.2 Å². The molecule has 3 aromatic rings. The molecule has 0 spiro atoms. The third-order valence-corrected chi connectivity index (χ3v) is 6.39. The summed E-state index contributed by atoms with van der Waals surface area (Å²) in [7, 11) is -3.90. The molecule has 6 N–H and O–H groups in total. The fraction of sp³-hybridized carbons (Fsp3) is 0.136. The summed E-state index contributed by atoms with van der Waals surface area (Å²) in [6, 6.07) is 8.60. The highest BCUT2D eigenvalue weighted by Crippen LogP contribution is 2.22. The topological polar surface area (TPSA) is 161 Å². The maximum absolute atomic E-state index is 13.8. The second kappa shape index (κ2) is 10.7. The molecule has 0 bridgehead atoms. The van der Waals surface area contributed by atoms with Gasteiger partial charge in [-0.1, -0.05) is 12.1 Å². The van der Waals surface area contributed by atoms with Crippen molar-refractivity contribution in [2.24, 2.45) is 10.9 Å². The first kappa shape index (κ1) is 25.9. The average Bonchev–Trinajstić information content (AvgIpc) is 3.27. The van der Waals surface area contributed by atoms with E-state index in [-0.39, 0.29) is 51.4 Å². The molecule has 0 aliphatic rings. The van der Waals surface area contributed by atoms with Gasteiger partial charge in [0.2, 0.25) is 10.0 Å². The molecule has 0 saturated carbocycles. The van der Waals surface area contributed by atoms with Gasteiger partial charge in [0.05, 0.1) is 17.2 Å². The lowest BCUT2D eigenvalue weighted by atomic mass is 9.96. The maximum Gasteiger partial charge on any atom is 0.357 e. The predicted molar refractivity (Wildman–Crippen MR) is 128 cm³/mol. The Labute approximate surface area is 204 Å². The first-order valence-corrected chi connectivity index (χ1v) is 12.5. The van der Waals surface area contributed by atoms with Crippen LogP contribution in [0.4, 0.5) is 13.9 Å². The number of aromatic nitrogens is 1. The van der Waals surface area contributed by atoms with Crippen LogP contribution in [-0.4, -0.2) is 31.7 Å². The van der Waals surface area contributed by atoms with E-state index in [9.17, 15) is 22.0 Å². The van der Waals surface area contributed by atoms with Gasteiger partial charge in [0.1, 0.15) is 5.82 Å². The normalized spacial score (nSPS) is 12.1. The predicted octanol–water partition coefficient (Wildman–Crippen LogP) is 3.14. The van der Waals surface area contributed by atoms with E-state index in [2.05, 4.69) is 10.3 Å². The third-order valence-electron chi connectivity index (χ3n) is 4.70. The van der Waals surface area contributed by atoms with Gasteiger partial charge in [0.15, 0.2) is 22.5 Å². The number of carbonyl (C=O) groups is 1. The number of primary sulfonamides is 1. The number of thiazole rings is 1. The summed E-state index contributed by atoms with van der Waals surface area (Å²) < 4.78 is 55.2. The molecule has 1 aromatic heterocycles. The van der Waals surface area contributed by atoms with Crippen molar-refractivity contribution in [1.82, 2.24) is 4.98 Å². The van der Waals surface area contributed by atoms with Crippen molar-refractivity contribution in [3.05, 3.63) is 87.7 Å². The van der Waals surface area contributed by atoms with E-state index in [0.717, 1.165) is 23.5 Å². The zero-order valence-electron chi connectivity index (χ0n) is 18.3. The summed E-state index contributed by atoms with van der Waals surface area (Å²) >= 11 is 1.07. The minimum Gasteiger partial charge on any atom is -0.461 e. The highest BCUT2D eigenvalue weighted by atomic mass is 32.2. The highest BCUT2D eigenvalue weighted by molar-refractivity contribution is 7.89. The molecule has 9 nitrogen and oxygen atoms in total. The minimum atomic E-state index is -3.90. The number of nitrogens with zero attached hydrogens (tertiary/aromatic N) is 1. The van der Waals surface area contributed by atoms with Crippen molar-refractivity contribution in [2.75, 3.05) is 11.9 Å². The number of hydrogen-bond acceptors (Lipinski definition) is 9. The van der Waals surface area contributed by atoms with Crippen molar-refractivity contribution < 1.29 is 26.7 Å². The molecule has 0 aliphatic carbocycles. The average molecular weight is 522 g/mol. The lowest BCUT2D eigenvalue weighted by Gasteiger charge is -2.15. The third kappa shape index (κ3) is 6.47. The van der Waals surface area contributed by atoms with Crippen LogP contribution in [0.25, 0.3) is 0 Å². The lowest BCUT2D eigenvalue weighted by Crippen LogP contribution is -2.20. The number of sulfonamides is 1. The fourth-order valence-corrected chi connectivity index (χ4v) is 4.17. The van der Waals surface area contributed by atoms with Gasteiger partial charge in [-0.2, -0.15) is 0 Å². The van der Waals surface area contributed by atoms with E-state index in [4.69, 9.17) is 21.0 Å².